The van der Waals surface area contributed by atoms with Crippen molar-refractivity contribution in [2.75, 3.05) is 31.0 Å². The van der Waals surface area contributed by atoms with Gasteiger partial charge in [0.25, 0.3) is 5.91 Å². The largest absolute Gasteiger partial charge is 0.457 e. The summed E-state index contributed by atoms with van der Waals surface area (Å²) in [6.07, 6.45) is 3.21. The van der Waals surface area contributed by atoms with Crippen LogP contribution in [0.4, 0.5) is 11.4 Å². The third kappa shape index (κ3) is 3.90. The molecular weight excluding hydrogens is 468 g/mol. The van der Waals surface area contributed by atoms with Gasteiger partial charge in [-0.3, -0.25) is 9.59 Å². The van der Waals surface area contributed by atoms with Gasteiger partial charge in [-0.1, -0.05) is 29.8 Å². The van der Waals surface area contributed by atoms with Crippen molar-refractivity contribution in [3.05, 3.63) is 77.1 Å². The van der Waals surface area contributed by atoms with Crippen LogP contribution in [-0.2, 0) is 9.53 Å². The van der Waals surface area contributed by atoms with Gasteiger partial charge in [-0.05, 0) is 31.2 Å². The Kier molecular flexibility index (Phi) is 5.70. The number of amides is 1. The van der Waals surface area contributed by atoms with Gasteiger partial charge in [-0.25, -0.2) is 4.98 Å². The maximum Gasteiger partial charge on any atom is 0.254 e. The van der Waals surface area contributed by atoms with E-state index in [1.54, 1.807) is 44.6 Å². The molecule has 35 heavy (non-hydrogen) atoms. The minimum absolute atomic E-state index is 0.155. The van der Waals surface area contributed by atoms with Crippen molar-refractivity contribution < 1.29 is 19.1 Å². The van der Waals surface area contributed by atoms with Gasteiger partial charge in [-0.15, -0.1) is 0 Å². The number of fused-ring (bicyclic) bond motifs is 3. The molecule has 0 fully saturated rings. The van der Waals surface area contributed by atoms with Crippen molar-refractivity contribution in [2.45, 2.75) is 12.5 Å². The Morgan fingerprint density at radius 2 is 1.91 bits per heavy atom. The standard InChI is InChI=1S/C26H23ClN4O4/c1-26(14-34-3)25(33)31(2)20-13-29-24-21(22(20)30-26)18(12-28-24)23(32)17-10-9-16(11-19(17)27)35-15-7-5-4-6-8-15/h4-13,30H,14H2,1-3H3,(H,28,29). The second kappa shape index (κ2) is 8.72. The predicted octanol–water partition coefficient (Wildman–Crippen LogP) is 5.03. The van der Waals surface area contributed by atoms with Crippen molar-refractivity contribution >= 4 is 45.7 Å². The lowest BCUT2D eigenvalue weighted by Crippen LogP contribution is -2.57. The Morgan fingerprint density at radius 1 is 1.14 bits per heavy atom. The normalized spacial score (nSPS) is 17.3. The molecule has 2 aromatic heterocycles. The van der Waals surface area contributed by atoms with E-state index in [1.807, 2.05) is 30.3 Å². The minimum atomic E-state index is -1.00. The van der Waals surface area contributed by atoms with E-state index >= 15 is 0 Å². The number of para-hydroxylation sites is 1. The summed E-state index contributed by atoms with van der Waals surface area (Å²) >= 11 is 6.52. The number of methoxy groups -OCH3 is 1. The quantitative estimate of drug-likeness (QED) is 0.368. The van der Waals surface area contributed by atoms with Crippen molar-refractivity contribution in [1.82, 2.24) is 9.97 Å². The number of ether oxygens (including phenoxy) is 2. The molecule has 8 nitrogen and oxygen atoms in total. The Bertz CT molecular complexity index is 1450. The average molecular weight is 491 g/mol. The summed E-state index contributed by atoms with van der Waals surface area (Å²) in [6.45, 7) is 1.92. The number of carbonyl (C=O) groups is 2. The van der Waals surface area contributed by atoms with Crippen LogP contribution in [0.25, 0.3) is 11.0 Å². The van der Waals surface area contributed by atoms with Gasteiger partial charge in [0.2, 0.25) is 0 Å². The number of nitrogens with zero attached hydrogens (tertiary/aromatic N) is 2. The molecule has 5 rings (SSSR count). The number of nitrogens with one attached hydrogen (secondary N) is 2. The summed E-state index contributed by atoms with van der Waals surface area (Å²) in [7, 11) is 3.22. The molecule has 2 N–H and O–H groups in total. The van der Waals surface area contributed by atoms with Crippen LogP contribution < -0.4 is 15.0 Å². The number of hydrogen-bond acceptors (Lipinski definition) is 6. The number of H-pyrrole nitrogens is 1. The lowest BCUT2D eigenvalue weighted by Gasteiger charge is -2.40. The minimum Gasteiger partial charge on any atom is -0.457 e. The number of aromatic nitrogens is 2. The highest BCUT2D eigenvalue weighted by molar-refractivity contribution is 6.36. The smallest absolute Gasteiger partial charge is 0.254 e. The Labute approximate surface area is 206 Å². The Balaban J connectivity index is 1.55. The van der Waals surface area contributed by atoms with Crippen LogP contribution in [0.1, 0.15) is 22.8 Å². The third-order valence-electron chi connectivity index (χ3n) is 6.06. The zero-order chi connectivity index (χ0) is 24.7. The van der Waals surface area contributed by atoms with Gasteiger partial charge in [0.1, 0.15) is 22.7 Å². The highest BCUT2D eigenvalue weighted by atomic mass is 35.5. The van der Waals surface area contributed by atoms with Crippen LogP contribution in [0.3, 0.4) is 0 Å². The first-order valence-electron chi connectivity index (χ1n) is 10.9. The summed E-state index contributed by atoms with van der Waals surface area (Å²) in [5, 5.41) is 4.14. The molecule has 1 aliphatic rings. The van der Waals surface area contributed by atoms with E-state index < -0.39 is 5.54 Å². The number of rotatable bonds is 6. The van der Waals surface area contributed by atoms with Crippen molar-refractivity contribution in [1.29, 1.82) is 0 Å². The van der Waals surface area contributed by atoms with Crippen LogP contribution in [0.2, 0.25) is 5.02 Å². The fourth-order valence-electron chi connectivity index (χ4n) is 4.35. The second-order valence-corrected chi connectivity index (χ2v) is 8.99. The van der Waals surface area contributed by atoms with Crippen LogP contribution in [0, 0.1) is 0 Å². The first-order valence-corrected chi connectivity index (χ1v) is 11.3. The SMILES string of the molecule is COCC1(C)Nc2c(cnc3[nH]cc(C(=O)c4ccc(Oc5ccccc5)cc4Cl)c23)N(C)C1=O. The highest BCUT2D eigenvalue weighted by Gasteiger charge is 2.42. The number of hydrogen-bond donors (Lipinski definition) is 2. The van der Waals surface area contributed by atoms with Crippen LogP contribution >= 0.6 is 11.6 Å². The van der Waals surface area contributed by atoms with Gasteiger partial charge in [0.05, 0.1) is 40.2 Å². The van der Waals surface area contributed by atoms with Gasteiger partial charge < -0.3 is 24.7 Å². The molecule has 9 heteroatoms. The molecule has 0 saturated heterocycles. The third-order valence-corrected chi connectivity index (χ3v) is 6.37. The summed E-state index contributed by atoms with van der Waals surface area (Å²) in [5.74, 6) is 0.750. The molecule has 0 spiro atoms. The maximum absolute atomic E-state index is 13.6. The van der Waals surface area contributed by atoms with E-state index in [1.165, 1.54) is 12.0 Å². The van der Waals surface area contributed by atoms with Crippen molar-refractivity contribution in [3.8, 4) is 11.5 Å². The summed E-state index contributed by atoms with van der Waals surface area (Å²) in [4.78, 5) is 35.6. The molecule has 0 aliphatic carbocycles. The first kappa shape index (κ1) is 22.9. The topological polar surface area (TPSA) is 96.5 Å². The van der Waals surface area contributed by atoms with Crippen LogP contribution in [0.5, 0.6) is 11.5 Å². The number of likely N-dealkylation sites (N-methyl/N-ethyl adjacent to an activating group) is 1. The number of pyridine rings is 1. The average Bonchev–Trinajstić information content (AvgIpc) is 3.28. The fourth-order valence-corrected chi connectivity index (χ4v) is 4.61. The lowest BCUT2D eigenvalue weighted by molar-refractivity contribution is -0.124. The van der Waals surface area contributed by atoms with Crippen LogP contribution in [0.15, 0.2) is 60.9 Å². The number of aromatic amines is 1. The lowest BCUT2D eigenvalue weighted by atomic mass is 9.95. The zero-order valence-corrected chi connectivity index (χ0v) is 20.1. The summed E-state index contributed by atoms with van der Waals surface area (Å²) < 4.78 is 11.1. The molecule has 4 aromatic rings. The Hall–Kier alpha value is -3.88. The molecule has 1 atom stereocenters. The van der Waals surface area contributed by atoms with E-state index in [0.29, 0.717) is 45.0 Å². The van der Waals surface area contributed by atoms with Gasteiger partial charge >= 0.3 is 0 Å². The maximum atomic E-state index is 13.6. The summed E-state index contributed by atoms with van der Waals surface area (Å²) in [6, 6.07) is 14.3. The highest BCUT2D eigenvalue weighted by Crippen LogP contribution is 2.41. The number of benzene rings is 2. The molecular formula is C26H23ClN4O4. The first-order chi connectivity index (χ1) is 16.8. The van der Waals surface area contributed by atoms with E-state index in [9.17, 15) is 9.59 Å². The number of ketones is 1. The summed E-state index contributed by atoms with van der Waals surface area (Å²) in [5.41, 5.74) is 1.42. The molecule has 0 saturated carbocycles. The monoisotopic (exact) mass is 490 g/mol. The number of halogens is 1. The van der Waals surface area contributed by atoms with E-state index in [0.717, 1.165) is 0 Å². The molecule has 178 valence electrons. The van der Waals surface area contributed by atoms with E-state index in [-0.39, 0.29) is 23.3 Å². The molecule has 1 aliphatic heterocycles. The molecule has 3 heterocycles. The number of carbonyl (C=O) groups excluding carboxylic acids is 2. The van der Waals surface area contributed by atoms with Crippen molar-refractivity contribution in [3.63, 3.8) is 0 Å². The molecule has 0 radical (unpaired) electrons. The predicted molar refractivity (Wildman–Crippen MR) is 135 cm³/mol. The van der Waals surface area contributed by atoms with E-state index in [4.69, 9.17) is 21.1 Å². The van der Waals surface area contributed by atoms with Gasteiger partial charge in [0.15, 0.2) is 5.78 Å². The van der Waals surface area contributed by atoms with Gasteiger partial charge in [0, 0.05) is 32.0 Å². The molecule has 2 aromatic carbocycles. The van der Waals surface area contributed by atoms with Gasteiger partial charge in [-0.2, -0.15) is 0 Å². The second-order valence-electron chi connectivity index (χ2n) is 8.58. The molecule has 0 bridgehead atoms. The Morgan fingerprint density at radius 3 is 2.63 bits per heavy atom. The number of anilines is 2. The molecule has 1 unspecified atom stereocenters. The van der Waals surface area contributed by atoms with Crippen molar-refractivity contribution in [2.24, 2.45) is 0 Å². The van der Waals surface area contributed by atoms with Crippen LogP contribution in [-0.4, -0.2) is 48.0 Å². The zero-order valence-electron chi connectivity index (χ0n) is 19.4. The molecule has 1 amide bonds. The van der Waals surface area contributed by atoms with E-state index in [2.05, 4.69) is 15.3 Å². The fraction of sp³-hybridized carbons (Fsp3) is 0.192.